The first-order valence-corrected chi connectivity index (χ1v) is 9.82. The van der Waals surface area contributed by atoms with Gasteiger partial charge in [0.2, 0.25) is 0 Å². The minimum atomic E-state index is -0.449. The van der Waals surface area contributed by atoms with Crippen LogP contribution in [0.2, 0.25) is 0 Å². The van der Waals surface area contributed by atoms with Crippen molar-refractivity contribution < 1.29 is 18.7 Å². The molecule has 2 amide bonds. The number of carbonyl (C=O) groups excluding carboxylic acids is 2. The predicted molar refractivity (Wildman–Crippen MR) is 108 cm³/mol. The van der Waals surface area contributed by atoms with E-state index in [9.17, 15) is 14.0 Å². The first-order chi connectivity index (χ1) is 13.9. The Bertz CT molecular complexity index is 966. The summed E-state index contributed by atoms with van der Waals surface area (Å²) >= 11 is 0. The van der Waals surface area contributed by atoms with Crippen molar-refractivity contribution in [1.29, 1.82) is 0 Å². The van der Waals surface area contributed by atoms with Crippen LogP contribution in [0.25, 0.3) is 11.1 Å². The Morgan fingerprint density at radius 2 is 1.90 bits per heavy atom. The molecule has 2 aliphatic rings. The molecule has 1 aliphatic heterocycles. The Kier molecular flexibility index (Phi) is 5.24. The fraction of sp³-hybridized carbons (Fsp3) is 0.364. The third-order valence-corrected chi connectivity index (χ3v) is 5.41. The lowest BCUT2D eigenvalue weighted by molar-refractivity contribution is 0.0303. The van der Waals surface area contributed by atoms with Gasteiger partial charge in [-0.1, -0.05) is 6.07 Å². The van der Waals surface area contributed by atoms with Gasteiger partial charge in [0.05, 0.1) is 18.8 Å². The second kappa shape index (κ2) is 7.83. The van der Waals surface area contributed by atoms with E-state index in [0.29, 0.717) is 54.2 Å². The SMILES string of the molecule is Cc1c(F)cc(C(=O)NC2CC2)cc1-c1ccc(C(=O)N2CCOCC2)c(N)c1. The summed E-state index contributed by atoms with van der Waals surface area (Å²) in [6.07, 6.45) is 1.92. The molecule has 1 aliphatic carbocycles. The highest BCUT2D eigenvalue weighted by Gasteiger charge is 2.25. The van der Waals surface area contributed by atoms with Crippen LogP contribution >= 0.6 is 0 Å². The van der Waals surface area contributed by atoms with E-state index in [4.69, 9.17) is 10.5 Å². The quantitative estimate of drug-likeness (QED) is 0.777. The van der Waals surface area contributed by atoms with Gasteiger partial charge in [0.1, 0.15) is 5.82 Å². The number of nitrogens with one attached hydrogen (secondary N) is 1. The van der Waals surface area contributed by atoms with E-state index in [1.165, 1.54) is 6.07 Å². The van der Waals surface area contributed by atoms with Crippen LogP contribution in [0, 0.1) is 12.7 Å². The van der Waals surface area contributed by atoms with E-state index in [1.807, 2.05) is 0 Å². The fourth-order valence-corrected chi connectivity index (χ4v) is 3.47. The standard InChI is InChI=1S/C22H24FN3O3/c1-13-18(10-15(11-19(13)23)21(27)25-16-3-4-16)14-2-5-17(20(24)12-14)22(28)26-6-8-29-9-7-26/h2,5,10-12,16H,3-4,6-9,24H2,1H3,(H,25,27). The molecule has 0 spiro atoms. The maximum Gasteiger partial charge on any atom is 0.256 e. The maximum atomic E-state index is 14.5. The molecule has 3 N–H and O–H groups in total. The topological polar surface area (TPSA) is 84.7 Å². The van der Waals surface area contributed by atoms with E-state index in [1.54, 1.807) is 36.1 Å². The molecule has 1 saturated carbocycles. The zero-order chi connectivity index (χ0) is 20.5. The molecule has 29 heavy (non-hydrogen) atoms. The number of hydrogen-bond donors (Lipinski definition) is 2. The van der Waals surface area contributed by atoms with Crippen molar-refractivity contribution in [2.75, 3.05) is 32.0 Å². The second-order valence-electron chi connectivity index (χ2n) is 7.58. The number of rotatable bonds is 4. The minimum absolute atomic E-state index is 0.141. The van der Waals surface area contributed by atoms with Crippen molar-refractivity contribution in [2.45, 2.75) is 25.8 Å². The van der Waals surface area contributed by atoms with Gasteiger partial charge >= 0.3 is 0 Å². The zero-order valence-electron chi connectivity index (χ0n) is 16.3. The van der Waals surface area contributed by atoms with Crippen LogP contribution in [0.5, 0.6) is 0 Å². The van der Waals surface area contributed by atoms with Crippen LogP contribution in [-0.4, -0.2) is 49.1 Å². The monoisotopic (exact) mass is 397 g/mol. The highest BCUT2D eigenvalue weighted by molar-refractivity contribution is 6.00. The van der Waals surface area contributed by atoms with Gasteiger partial charge in [-0.25, -0.2) is 4.39 Å². The fourth-order valence-electron chi connectivity index (χ4n) is 3.47. The molecule has 1 heterocycles. The molecule has 0 atom stereocenters. The molecule has 2 aromatic carbocycles. The molecular formula is C22H24FN3O3. The van der Waals surface area contributed by atoms with Gasteiger partial charge in [0, 0.05) is 30.4 Å². The van der Waals surface area contributed by atoms with Crippen molar-refractivity contribution in [3.05, 3.63) is 52.8 Å². The van der Waals surface area contributed by atoms with E-state index in [0.717, 1.165) is 12.8 Å². The van der Waals surface area contributed by atoms with E-state index < -0.39 is 5.82 Å². The summed E-state index contributed by atoms with van der Waals surface area (Å²) in [5, 5.41) is 2.88. The van der Waals surface area contributed by atoms with Crippen molar-refractivity contribution in [2.24, 2.45) is 0 Å². The summed E-state index contributed by atoms with van der Waals surface area (Å²) in [4.78, 5) is 26.8. The summed E-state index contributed by atoms with van der Waals surface area (Å²) < 4.78 is 19.8. The second-order valence-corrected chi connectivity index (χ2v) is 7.58. The van der Waals surface area contributed by atoms with E-state index in [-0.39, 0.29) is 23.4 Å². The molecule has 0 unspecified atom stereocenters. The molecule has 2 aromatic rings. The lowest BCUT2D eigenvalue weighted by atomic mass is 9.95. The Hall–Kier alpha value is -2.93. The number of hydrogen-bond acceptors (Lipinski definition) is 4. The third-order valence-electron chi connectivity index (χ3n) is 5.41. The molecule has 6 nitrogen and oxygen atoms in total. The first-order valence-electron chi connectivity index (χ1n) is 9.82. The van der Waals surface area contributed by atoms with Crippen molar-refractivity contribution >= 4 is 17.5 Å². The number of ether oxygens (including phenoxy) is 1. The van der Waals surface area contributed by atoms with Crippen LogP contribution in [-0.2, 0) is 4.74 Å². The van der Waals surface area contributed by atoms with Gasteiger partial charge < -0.3 is 20.7 Å². The van der Waals surface area contributed by atoms with E-state index in [2.05, 4.69) is 5.32 Å². The molecular weight excluding hydrogens is 373 g/mol. The van der Waals surface area contributed by atoms with Crippen LogP contribution in [0.1, 0.15) is 39.1 Å². The minimum Gasteiger partial charge on any atom is -0.398 e. The molecule has 152 valence electrons. The normalized spacial score (nSPS) is 16.6. The van der Waals surface area contributed by atoms with Gasteiger partial charge in [-0.3, -0.25) is 9.59 Å². The van der Waals surface area contributed by atoms with Crippen LogP contribution in [0.3, 0.4) is 0 Å². The number of nitrogens with two attached hydrogens (primary N) is 1. The molecule has 7 heteroatoms. The Morgan fingerprint density at radius 3 is 2.55 bits per heavy atom. The number of benzene rings is 2. The summed E-state index contributed by atoms with van der Waals surface area (Å²) in [6, 6.07) is 8.20. The smallest absolute Gasteiger partial charge is 0.256 e. The average molecular weight is 397 g/mol. The summed E-state index contributed by atoms with van der Waals surface area (Å²) in [5.41, 5.74) is 8.87. The van der Waals surface area contributed by atoms with Crippen LogP contribution < -0.4 is 11.1 Å². The first kappa shape index (κ1) is 19.4. The summed E-state index contributed by atoms with van der Waals surface area (Å²) in [5.74, 6) is -0.868. The average Bonchev–Trinajstić information content (AvgIpc) is 3.54. The lowest BCUT2D eigenvalue weighted by Gasteiger charge is -2.27. The number of carbonyl (C=O) groups is 2. The van der Waals surface area contributed by atoms with Crippen LogP contribution in [0.4, 0.5) is 10.1 Å². The van der Waals surface area contributed by atoms with Crippen molar-refractivity contribution in [3.8, 4) is 11.1 Å². The maximum absolute atomic E-state index is 14.5. The number of nitrogens with zero attached hydrogens (tertiary/aromatic N) is 1. The van der Waals surface area contributed by atoms with Gasteiger partial charge in [0.15, 0.2) is 0 Å². The molecule has 4 rings (SSSR count). The van der Waals surface area contributed by atoms with Gasteiger partial charge in [-0.15, -0.1) is 0 Å². The molecule has 2 fully saturated rings. The molecule has 0 aromatic heterocycles. The Morgan fingerprint density at radius 1 is 1.17 bits per heavy atom. The number of nitrogen functional groups attached to an aromatic ring is 1. The third kappa shape index (κ3) is 4.10. The Labute approximate surface area is 168 Å². The molecule has 0 bridgehead atoms. The highest BCUT2D eigenvalue weighted by Crippen LogP contribution is 2.30. The number of morpholine rings is 1. The van der Waals surface area contributed by atoms with Gasteiger partial charge in [-0.2, -0.15) is 0 Å². The predicted octanol–water partition coefficient (Wildman–Crippen LogP) is 2.75. The summed E-state index contributed by atoms with van der Waals surface area (Å²) in [7, 11) is 0. The largest absolute Gasteiger partial charge is 0.398 e. The summed E-state index contributed by atoms with van der Waals surface area (Å²) in [6.45, 7) is 3.75. The molecule has 0 radical (unpaired) electrons. The zero-order valence-corrected chi connectivity index (χ0v) is 16.3. The van der Waals surface area contributed by atoms with Gasteiger partial charge in [-0.05, 0) is 60.7 Å². The van der Waals surface area contributed by atoms with Crippen LogP contribution in [0.15, 0.2) is 30.3 Å². The number of halogens is 1. The van der Waals surface area contributed by atoms with E-state index >= 15 is 0 Å². The van der Waals surface area contributed by atoms with Crippen molar-refractivity contribution in [1.82, 2.24) is 10.2 Å². The van der Waals surface area contributed by atoms with Crippen molar-refractivity contribution in [3.63, 3.8) is 0 Å². The lowest BCUT2D eigenvalue weighted by Crippen LogP contribution is -2.40. The highest BCUT2D eigenvalue weighted by atomic mass is 19.1. The number of anilines is 1. The molecule has 1 saturated heterocycles. The Balaban J connectivity index is 1.64. The van der Waals surface area contributed by atoms with Gasteiger partial charge in [0.25, 0.3) is 11.8 Å². The number of amides is 2.